The largest absolute Gasteiger partial charge is 0.455 e. The summed E-state index contributed by atoms with van der Waals surface area (Å²) in [6.07, 6.45) is 6.91. The number of esters is 1. The van der Waals surface area contributed by atoms with Crippen LogP contribution >= 0.6 is 0 Å². The number of carbonyl (C=O) groups excluding carboxylic acids is 1. The lowest BCUT2D eigenvalue weighted by Gasteiger charge is -2.38. The number of benzene rings is 2. The topological polar surface area (TPSA) is 35.5 Å². The van der Waals surface area contributed by atoms with Gasteiger partial charge in [0.2, 0.25) is 0 Å². The molecule has 2 aromatic carbocycles. The normalized spacial score (nSPS) is 13.1. The average molecular weight is 471 g/mol. The van der Waals surface area contributed by atoms with E-state index in [2.05, 4.69) is 58.7 Å². The molecule has 0 fully saturated rings. The van der Waals surface area contributed by atoms with Gasteiger partial charge in [0.25, 0.3) is 0 Å². The lowest BCUT2D eigenvalue weighted by molar-refractivity contribution is 0.0734. The zero-order valence-corrected chi connectivity index (χ0v) is 23.2. The molecule has 5 heteroatoms. The Bertz CT molecular complexity index is 837. The number of aryl methyl sites for hydroxylation is 1. The van der Waals surface area contributed by atoms with E-state index in [-0.39, 0.29) is 5.97 Å². The Labute approximate surface area is 197 Å². The number of unbranched alkanes of at least 4 members (excludes halogenated alkanes) is 2. The van der Waals surface area contributed by atoms with Crippen LogP contribution in [-0.2, 0) is 10.5 Å². The van der Waals surface area contributed by atoms with Gasteiger partial charge >= 0.3 is 5.97 Å². The van der Waals surface area contributed by atoms with E-state index in [0.29, 0.717) is 16.9 Å². The number of hydrogen-bond acceptors (Lipinski definition) is 3. The molecule has 0 radical (unpaired) electrons. The Morgan fingerprint density at radius 1 is 0.844 bits per heavy atom. The van der Waals surface area contributed by atoms with Gasteiger partial charge < -0.3 is 8.85 Å². The Morgan fingerprint density at radius 2 is 1.44 bits per heavy atom. The summed E-state index contributed by atoms with van der Waals surface area (Å²) in [6, 6.07) is 15.9. The molecule has 2 rings (SSSR count). The van der Waals surface area contributed by atoms with E-state index in [4.69, 9.17) is 8.85 Å². The molecule has 0 spiro atoms. The van der Waals surface area contributed by atoms with Gasteiger partial charge in [-0.1, -0.05) is 57.4 Å². The van der Waals surface area contributed by atoms with Crippen molar-refractivity contribution in [3.8, 4) is 5.75 Å². The Kier molecular flexibility index (Phi) is 9.93. The third-order valence-electron chi connectivity index (χ3n) is 5.76. The molecule has 0 N–H and O–H groups in total. The van der Waals surface area contributed by atoms with Crippen LogP contribution < -0.4 is 4.74 Å². The highest BCUT2D eigenvalue weighted by Gasteiger charge is 2.38. The van der Waals surface area contributed by atoms with Gasteiger partial charge in [-0.25, -0.2) is 4.79 Å². The Hall–Kier alpha value is -1.70. The van der Waals surface area contributed by atoms with Crippen LogP contribution in [0.4, 0.5) is 0 Å². The number of carbonyl (C=O) groups is 1. The van der Waals surface area contributed by atoms with Gasteiger partial charge in [-0.3, -0.25) is 0 Å². The molecular formula is C27H42O3Si2. The Morgan fingerprint density at radius 3 is 1.97 bits per heavy atom. The summed E-state index contributed by atoms with van der Waals surface area (Å²) in [5, 5.41) is 0. The second-order valence-electron chi connectivity index (χ2n) is 10.3. The van der Waals surface area contributed by atoms with E-state index in [0.717, 1.165) is 12.8 Å². The van der Waals surface area contributed by atoms with Crippen LogP contribution in [0, 0.1) is 0 Å². The number of hydrogen-bond donors (Lipinski definition) is 0. The predicted octanol–water partition coefficient (Wildman–Crippen LogP) is 8.12. The summed E-state index contributed by atoms with van der Waals surface area (Å²) in [4.78, 5) is 12.7. The second kappa shape index (κ2) is 12.0. The molecule has 0 amide bonds. The summed E-state index contributed by atoms with van der Waals surface area (Å²) in [5.74, 6) is 0.287. The molecule has 2 aromatic rings. The summed E-state index contributed by atoms with van der Waals surface area (Å²) in [5.41, 5.74) is 3.57. The molecule has 0 aliphatic carbocycles. The van der Waals surface area contributed by atoms with Crippen molar-refractivity contribution in [2.45, 2.75) is 90.6 Å². The fourth-order valence-corrected chi connectivity index (χ4v) is 13.1. The zero-order chi connectivity index (χ0) is 23.8. The molecule has 32 heavy (non-hydrogen) atoms. The molecule has 0 heterocycles. The molecule has 0 bridgehead atoms. The quantitative estimate of drug-likeness (QED) is 0.178. The fraction of sp³-hybridized carbons (Fsp3) is 0.519. The van der Waals surface area contributed by atoms with E-state index >= 15 is 0 Å². The zero-order valence-electron chi connectivity index (χ0n) is 21.2. The van der Waals surface area contributed by atoms with E-state index in [1.807, 2.05) is 36.4 Å². The van der Waals surface area contributed by atoms with Crippen LogP contribution in [0.15, 0.2) is 48.5 Å². The van der Waals surface area contributed by atoms with Gasteiger partial charge in [0.15, 0.2) is 16.6 Å². The summed E-state index contributed by atoms with van der Waals surface area (Å²) in [6.45, 7) is 15.9. The summed E-state index contributed by atoms with van der Waals surface area (Å²) in [7, 11) is -3.55. The first-order valence-electron chi connectivity index (χ1n) is 12.2. The van der Waals surface area contributed by atoms with Crippen molar-refractivity contribution in [3.05, 3.63) is 65.2 Å². The van der Waals surface area contributed by atoms with Gasteiger partial charge in [-0.15, -0.1) is 0 Å². The van der Waals surface area contributed by atoms with Crippen molar-refractivity contribution in [2.24, 2.45) is 0 Å². The third kappa shape index (κ3) is 8.34. The molecule has 1 unspecified atom stereocenters. The van der Waals surface area contributed by atoms with Gasteiger partial charge in [0.05, 0.1) is 5.56 Å². The van der Waals surface area contributed by atoms with Gasteiger partial charge in [0, 0.05) is 5.54 Å². The van der Waals surface area contributed by atoms with Gasteiger partial charge in [-0.05, 0) is 87.4 Å². The molecule has 3 nitrogen and oxygen atoms in total. The van der Waals surface area contributed by atoms with E-state index in [1.54, 1.807) is 0 Å². The van der Waals surface area contributed by atoms with Crippen LogP contribution in [0.1, 0.15) is 73.0 Å². The maximum Gasteiger partial charge on any atom is 0.343 e. The average Bonchev–Trinajstić information content (AvgIpc) is 2.72. The summed E-state index contributed by atoms with van der Waals surface area (Å²) >= 11 is 0. The van der Waals surface area contributed by atoms with E-state index < -0.39 is 16.6 Å². The molecule has 0 saturated heterocycles. The smallest absolute Gasteiger partial charge is 0.343 e. The number of rotatable bonds is 12. The van der Waals surface area contributed by atoms with Crippen LogP contribution in [0.5, 0.6) is 5.75 Å². The van der Waals surface area contributed by atoms with Crippen LogP contribution in [0.3, 0.4) is 0 Å². The highest BCUT2D eigenvalue weighted by Crippen LogP contribution is 2.35. The molecule has 0 aliphatic heterocycles. The maximum atomic E-state index is 12.7. The Balaban J connectivity index is 2.12. The molecule has 1 atom stereocenters. The molecule has 176 valence electrons. The number of ether oxygens (including phenoxy) is 1. The first kappa shape index (κ1) is 26.6. The van der Waals surface area contributed by atoms with Crippen molar-refractivity contribution in [3.63, 3.8) is 0 Å². The molecular weight excluding hydrogens is 428 g/mol. The standard InChI is InChI=1S/C27H42O3Si2/c1-8-10-12-22-14-20-25(21-15-22)29-27(28)24-18-16-23(17-19-24)26(13-11-9-2)32(6,7)30-31(3,4)5/h14-21,26H,8-13H2,1-7H3. The van der Waals surface area contributed by atoms with Gasteiger partial charge in [-0.2, -0.15) is 0 Å². The van der Waals surface area contributed by atoms with Crippen molar-refractivity contribution in [1.82, 2.24) is 0 Å². The molecule has 0 aromatic heterocycles. The summed E-state index contributed by atoms with van der Waals surface area (Å²) < 4.78 is 12.3. The lowest BCUT2D eigenvalue weighted by atomic mass is 10.0. The van der Waals surface area contributed by atoms with Crippen LogP contribution in [0.25, 0.3) is 0 Å². The lowest BCUT2D eigenvalue weighted by Crippen LogP contribution is -2.47. The van der Waals surface area contributed by atoms with Crippen LogP contribution in [0.2, 0.25) is 32.7 Å². The highest BCUT2D eigenvalue weighted by atomic mass is 28.4. The predicted molar refractivity (Wildman–Crippen MR) is 141 cm³/mol. The first-order valence-corrected chi connectivity index (χ1v) is 18.6. The van der Waals surface area contributed by atoms with Gasteiger partial charge in [0.1, 0.15) is 5.75 Å². The second-order valence-corrected chi connectivity index (χ2v) is 19.2. The van der Waals surface area contributed by atoms with Crippen molar-refractivity contribution in [1.29, 1.82) is 0 Å². The molecule has 0 aliphatic rings. The third-order valence-corrected chi connectivity index (χ3v) is 12.6. The SMILES string of the molecule is CCCCc1ccc(OC(=O)c2ccc(C(CCCC)[Si](C)(C)O[Si](C)(C)C)cc2)cc1. The van der Waals surface area contributed by atoms with Crippen LogP contribution in [-0.4, -0.2) is 22.6 Å². The van der Waals surface area contributed by atoms with E-state index in [1.165, 1.54) is 36.8 Å². The molecule has 0 saturated carbocycles. The van der Waals surface area contributed by atoms with Crippen molar-refractivity contribution >= 4 is 22.6 Å². The highest BCUT2D eigenvalue weighted by molar-refractivity contribution is 6.84. The minimum absolute atomic E-state index is 0.308. The monoisotopic (exact) mass is 470 g/mol. The minimum Gasteiger partial charge on any atom is -0.455 e. The van der Waals surface area contributed by atoms with Crippen molar-refractivity contribution in [2.75, 3.05) is 0 Å². The van der Waals surface area contributed by atoms with E-state index in [9.17, 15) is 4.79 Å². The van der Waals surface area contributed by atoms with Crippen molar-refractivity contribution < 1.29 is 13.6 Å². The minimum atomic E-state index is -1.92. The first-order chi connectivity index (χ1) is 15.1. The fourth-order valence-electron chi connectivity index (χ4n) is 4.31. The maximum absolute atomic E-state index is 12.7.